The van der Waals surface area contributed by atoms with E-state index in [1.54, 1.807) is 13.0 Å². The second kappa shape index (κ2) is 5.61. The van der Waals surface area contributed by atoms with Gasteiger partial charge in [-0.05, 0) is 19.4 Å². The minimum atomic E-state index is -3.20. The topological polar surface area (TPSA) is 35.5 Å². The van der Waals surface area contributed by atoms with Crippen LogP contribution in [0.15, 0.2) is 22.5 Å². The summed E-state index contributed by atoms with van der Waals surface area (Å²) in [4.78, 5) is 0. The molecule has 0 saturated carbocycles. The van der Waals surface area contributed by atoms with E-state index in [0.717, 1.165) is 5.57 Å². The first-order valence-corrected chi connectivity index (χ1v) is 5.69. The van der Waals surface area contributed by atoms with Gasteiger partial charge in [-0.1, -0.05) is 17.7 Å². The molecule has 0 radical (unpaired) electrons. The zero-order valence-corrected chi connectivity index (χ0v) is 9.85. The van der Waals surface area contributed by atoms with Crippen LogP contribution in [0.2, 0.25) is 0 Å². The van der Waals surface area contributed by atoms with Crippen molar-refractivity contribution in [2.75, 3.05) is 14.2 Å². The van der Waals surface area contributed by atoms with Crippen LogP contribution in [0, 0.1) is 0 Å². The maximum Gasteiger partial charge on any atom is 0.361 e. The summed E-state index contributed by atoms with van der Waals surface area (Å²) in [6, 6.07) is 0. The van der Waals surface area contributed by atoms with Crippen molar-refractivity contribution in [2.24, 2.45) is 0 Å². The summed E-state index contributed by atoms with van der Waals surface area (Å²) in [5.74, 6) is 0. The molecule has 5 heteroatoms. The van der Waals surface area contributed by atoms with E-state index in [-0.39, 0.29) is 0 Å². The predicted molar refractivity (Wildman–Crippen MR) is 55.0 cm³/mol. The van der Waals surface area contributed by atoms with Crippen molar-refractivity contribution >= 4 is 19.2 Å². The highest BCUT2D eigenvalue weighted by Gasteiger charge is 2.27. The van der Waals surface area contributed by atoms with Gasteiger partial charge in [-0.25, -0.2) is 0 Å². The molecule has 0 aromatic carbocycles. The van der Waals surface area contributed by atoms with Crippen LogP contribution in [0.3, 0.4) is 0 Å². The Morgan fingerprint density at radius 3 is 2.08 bits per heavy atom. The van der Waals surface area contributed by atoms with Gasteiger partial charge < -0.3 is 9.05 Å². The van der Waals surface area contributed by atoms with Gasteiger partial charge in [-0.15, -0.1) is 0 Å². The summed E-state index contributed by atoms with van der Waals surface area (Å²) >= 11 is 5.55. The van der Waals surface area contributed by atoms with E-state index in [9.17, 15) is 4.57 Å². The fraction of sp³-hybridized carbons (Fsp3) is 0.500. The Morgan fingerprint density at radius 2 is 1.85 bits per heavy atom. The minimum absolute atomic E-state index is 0.390. The Morgan fingerprint density at radius 1 is 1.38 bits per heavy atom. The molecule has 0 aliphatic carbocycles. The van der Waals surface area contributed by atoms with E-state index in [0.29, 0.717) is 5.31 Å². The van der Waals surface area contributed by atoms with Gasteiger partial charge in [0.15, 0.2) is 0 Å². The SMILES string of the molecule is C/C=C(C)/C(=C\Cl)P(=O)(OC)OC. The lowest BCUT2D eigenvalue weighted by Gasteiger charge is -2.16. The van der Waals surface area contributed by atoms with Crippen LogP contribution in [0.25, 0.3) is 0 Å². The van der Waals surface area contributed by atoms with E-state index in [2.05, 4.69) is 0 Å². The van der Waals surface area contributed by atoms with Crippen molar-refractivity contribution < 1.29 is 13.6 Å². The quantitative estimate of drug-likeness (QED) is 0.541. The number of halogens is 1. The van der Waals surface area contributed by atoms with E-state index in [1.165, 1.54) is 19.8 Å². The molecule has 0 aromatic heterocycles. The van der Waals surface area contributed by atoms with E-state index < -0.39 is 7.60 Å². The molecule has 0 N–H and O–H groups in total. The molecule has 0 amide bonds. The maximum atomic E-state index is 11.8. The Labute approximate surface area is 83.9 Å². The predicted octanol–water partition coefficient (Wildman–Crippen LogP) is 3.52. The lowest BCUT2D eigenvalue weighted by molar-refractivity contribution is 0.284. The molecule has 0 aromatic rings. The molecule has 0 aliphatic heterocycles. The average molecular weight is 225 g/mol. The van der Waals surface area contributed by atoms with Gasteiger partial charge in [-0.2, -0.15) is 0 Å². The van der Waals surface area contributed by atoms with Gasteiger partial charge in [0.2, 0.25) is 0 Å². The number of rotatable bonds is 4. The van der Waals surface area contributed by atoms with Gasteiger partial charge in [-0.3, -0.25) is 4.57 Å². The molecule has 0 rings (SSSR count). The first-order chi connectivity index (χ1) is 6.05. The third-order valence-corrected chi connectivity index (χ3v) is 4.12. The standard InChI is InChI=1S/C8H14ClO3P/c1-5-7(2)8(6-9)13(10,11-3)12-4/h5-6H,1-4H3/b7-5+,8-6+. The van der Waals surface area contributed by atoms with Gasteiger partial charge in [0.05, 0.1) is 5.31 Å². The van der Waals surface area contributed by atoms with Crippen LogP contribution in [0.4, 0.5) is 0 Å². The summed E-state index contributed by atoms with van der Waals surface area (Å²) < 4.78 is 21.4. The van der Waals surface area contributed by atoms with E-state index >= 15 is 0 Å². The van der Waals surface area contributed by atoms with Crippen molar-refractivity contribution in [1.82, 2.24) is 0 Å². The van der Waals surface area contributed by atoms with Crippen molar-refractivity contribution in [3.05, 3.63) is 22.5 Å². The summed E-state index contributed by atoms with van der Waals surface area (Å²) in [6.07, 6.45) is 1.79. The largest absolute Gasteiger partial charge is 0.361 e. The zero-order valence-electron chi connectivity index (χ0n) is 8.20. The van der Waals surface area contributed by atoms with Gasteiger partial charge in [0.1, 0.15) is 0 Å². The van der Waals surface area contributed by atoms with Crippen LogP contribution in [0.5, 0.6) is 0 Å². The smallest absolute Gasteiger partial charge is 0.309 e. The summed E-state index contributed by atoms with van der Waals surface area (Å²) in [5, 5.41) is 0.390. The van der Waals surface area contributed by atoms with Crippen LogP contribution in [0.1, 0.15) is 13.8 Å². The van der Waals surface area contributed by atoms with Crippen molar-refractivity contribution in [3.8, 4) is 0 Å². The lowest BCUT2D eigenvalue weighted by atomic mass is 10.3. The zero-order chi connectivity index (χ0) is 10.5. The van der Waals surface area contributed by atoms with Crippen LogP contribution in [-0.4, -0.2) is 14.2 Å². The molecule has 0 aliphatic rings. The summed E-state index contributed by atoms with van der Waals surface area (Å²) in [7, 11) is -0.549. The molecule has 0 atom stereocenters. The lowest BCUT2D eigenvalue weighted by Crippen LogP contribution is -1.93. The normalized spacial score (nSPS) is 14.8. The molecular formula is C8H14ClO3P. The minimum Gasteiger partial charge on any atom is -0.309 e. The average Bonchev–Trinajstić information content (AvgIpc) is 2.18. The Hall–Kier alpha value is -0.0800. The first kappa shape index (κ1) is 12.9. The molecule has 76 valence electrons. The summed E-state index contributed by atoms with van der Waals surface area (Å²) in [6.45, 7) is 3.62. The van der Waals surface area contributed by atoms with E-state index in [1.807, 2.05) is 6.92 Å². The van der Waals surface area contributed by atoms with Crippen molar-refractivity contribution in [2.45, 2.75) is 13.8 Å². The molecule has 0 bridgehead atoms. The highest BCUT2D eigenvalue weighted by Crippen LogP contribution is 2.57. The van der Waals surface area contributed by atoms with Crippen LogP contribution < -0.4 is 0 Å². The second-order valence-corrected chi connectivity index (χ2v) is 4.75. The summed E-state index contributed by atoms with van der Waals surface area (Å²) in [5.41, 5.74) is 2.00. The van der Waals surface area contributed by atoms with E-state index in [4.69, 9.17) is 20.6 Å². The fourth-order valence-electron chi connectivity index (χ4n) is 0.781. The van der Waals surface area contributed by atoms with Crippen molar-refractivity contribution in [3.63, 3.8) is 0 Å². The molecule has 0 unspecified atom stereocenters. The van der Waals surface area contributed by atoms with Crippen LogP contribution >= 0.6 is 19.2 Å². The molecule has 0 saturated heterocycles. The Balaban J connectivity index is 5.11. The van der Waals surface area contributed by atoms with Gasteiger partial charge in [0, 0.05) is 19.8 Å². The molecule has 3 nitrogen and oxygen atoms in total. The third kappa shape index (κ3) is 2.96. The van der Waals surface area contributed by atoms with Crippen LogP contribution in [-0.2, 0) is 13.6 Å². The molecule has 0 heterocycles. The Bertz CT molecular complexity index is 263. The third-order valence-electron chi connectivity index (χ3n) is 1.72. The van der Waals surface area contributed by atoms with Gasteiger partial charge in [0.25, 0.3) is 0 Å². The fourth-order valence-corrected chi connectivity index (χ4v) is 2.53. The number of hydrogen-bond acceptors (Lipinski definition) is 3. The molecular weight excluding hydrogens is 211 g/mol. The molecule has 0 spiro atoms. The first-order valence-electron chi connectivity index (χ1n) is 3.71. The maximum absolute atomic E-state index is 11.8. The highest BCUT2D eigenvalue weighted by atomic mass is 35.5. The van der Waals surface area contributed by atoms with Crippen molar-refractivity contribution in [1.29, 1.82) is 0 Å². The van der Waals surface area contributed by atoms with Gasteiger partial charge >= 0.3 is 7.60 Å². The molecule has 13 heavy (non-hydrogen) atoms. The highest BCUT2D eigenvalue weighted by molar-refractivity contribution is 7.58. The molecule has 0 fully saturated rings. The Kier molecular flexibility index (Phi) is 5.57. The number of allylic oxidation sites excluding steroid dienone is 3. The second-order valence-electron chi connectivity index (χ2n) is 2.33. The monoisotopic (exact) mass is 224 g/mol. The number of hydrogen-bond donors (Lipinski definition) is 0.